The molecule has 9 heteroatoms. The Labute approximate surface area is 237 Å². The number of nitrogens with one attached hydrogen (secondary N) is 2. The fourth-order valence-electron chi connectivity index (χ4n) is 4.53. The molecule has 0 aliphatic rings. The molecular weight excluding hydrogens is 522 g/mol. The summed E-state index contributed by atoms with van der Waals surface area (Å²) in [5, 5.41) is 18.2. The monoisotopic (exact) mass is 555 g/mol. The van der Waals surface area contributed by atoms with Crippen molar-refractivity contribution in [2.24, 2.45) is 0 Å². The molecule has 0 spiro atoms. The number of aliphatic hydroxyl groups is 1. The van der Waals surface area contributed by atoms with Crippen LogP contribution in [0.4, 0.5) is 5.13 Å². The Morgan fingerprint density at radius 1 is 1.07 bits per heavy atom. The van der Waals surface area contributed by atoms with Gasteiger partial charge in [-0.3, -0.25) is 4.79 Å². The summed E-state index contributed by atoms with van der Waals surface area (Å²) >= 11 is 1.55. The first-order chi connectivity index (χ1) is 19.4. The first kappa shape index (κ1) is 27.4. The predicted octanol–water partition coefficient (Wildman–Crippen LogP) is 5.81. The normalized spacial score (nSPS) is 11.9. The number of anilines is 1. The van der Waals surface area contributed by atoms with Gasteiger partial charge in [-0.2, -0.15) is 0 Å². The number of thiazole rings is 1. The number of hydrogen-bond acceptors (Lipinski definition) is 7. The van der Waals surface area contributed by atoms with Gasteiger partial charge in [0.1, 0.15) is 11.6 Å². The summed E-state index contributed by atoms with van der Waals surface area (Å²) in [5.74, 6) is 1.49. The van der Waals surface area contributed by atoms with E-state index < -0.39 is 0 Å². The van der Waals surface area contributed by atoms with E-state index in [2.05, 4.69) is 53.3 Å². The van der Waals surface area contributed by atoms with Crippen LogP contribution in [0.1, 0.15) is 46.7 Å². The van der Waals surface area contributed by atoms with Crippen LogP contribution in [-0.2, 0) is 6.54 Å². The standard InChI is InChI=1S/C31H33N5O3S/c1-20-5-7-22(8-6-20)18-36-28-14-11-24(30(38)32-15-4-16-37)17-26(28)34-29(36)21(2)33-31-35-27(19-40-31)23-9-12-25(39-3)13-10-23/h5-14,17,19,21,37H,4,15-16,18H2,1-3H3,(H,32,38)(H,33,35). The molecule has 0 bridgehead atoms. The van der Waals surface area contributed by atoms with E-state index in [9.17, 15) is 4.79 Å². The smallest absolute Gasteiger partial charge is 0.251 e. The second-order valence-electron chi connectivity index (χ2n) is 9.71. The fraction of sp³-hybridized carbons (Fsp3) is 0.258. The van der Waals surface area contributed by atoms with Crippen molar-refractivity contribution in [1.82, 2.24) is 19.9 Å². The number of aliphatic hydroxyl groups excluding tert-OH is 1. The highest BCUT2D eigenvalue weighted by Crippen LogP contribution is 2.30. The molecule has 5 rings (SSSR count). The molecule has 3 aromatic carbocycles. The van der Waals surface area contributed by atoms with Gasteiger partial charge in [-0.25, -0.2) is 9.97 Å². The Balaban J connectivity index is 1.44. The highest BCUT2D eigenvalue weighted by Gasteiger charge is 2.20. The van der Waals surface area contributed by atoms with E-state index in [4.69, 9.17) is 19.8 Å². The average Bonchev–Trinajstić information content (AvgIpc) is 3.59. The molecule has 40 heavy (non-hydrogen) atoms. The second kappa shape index (κ2) is 12.3. The molecule has 0 aliphatic carbocycles. The number of aryl methyl sites for hydroxylation is 1. The lowest BCUT2D eigenvalue weighted by Crippen LogP contribution is -2.24. The summed E-state index contributed by atoms with van der Waals surface area (Å²) in [6, 6.07) is 21.8. The lowest BCUT2D eigenvalue weighted by Gasteiger charge is -2.16. The topological polar surface area (TPSA) is 101 Å². The zero-order valence-corrected chi connectivity index (χ0v) is 23.7. The van der Waals surface area contributed by atoms with Crippen molar-refractivity contribution >= 4 is 33.4 Å². The van der Waals surface area contributed by atoms with Gasteiger partial charge in [0.2, 0.25) is 0 Å². The summed E-state index contributed by atoms with van der Waals surface area (Å²) in [5.41, 5.74) is 6.55. The predicted molar refractivity (Wildman–Crippen MR) is 160 cm³/mol. The third-order valence-electron chi connectivity index (χ3n) is 6.74. The number of carbonyl (C=O) groups excluding carboxylic acids is 1. The zero-order chi connectivity index (χ0) is 28.1. The maximum atomic E-state index is 12.7. The highest BCUT2D eigenvalue weighted by atomic mass is 32.1. The van der Waals surface area contributed by atoms with Gasteiger partial charge in [0.15, 0.2) is 5.13 Å². The Bertz CT molecular complexity index is 1590. The number of aromatic nitrogens is 3. The summed E-state index contributed by atoms with van der Waals surface area (Å²) < 4.78 is 7.47. The largest absolute Gasteiger partial charge is 0.497 e. The van der Waals surface area contributed by atoms with Crippen LogP contribution < -0.4 is 15.4 Å². The van der Waals surface area contributed by atoms with Gasteiger partial charge in [0, 0.05) is 36.2 Å². The van der Waals surface area contributed by atoms with Crippen LogP contribution in [-0.4, -0.2) is 45.8 Å². The number of ether oxygens (including phenoxy) is 1. The SMILES string of the molecule is COc1ccc(-c2csc(NC(C)c3nc4cc(C(=O)NCCCO)ccc4n3Cc3ccc(C)cc3)n2)cc1. The Hall–Kier alpha value is -4.21. The molecule has 0 saturated heterocycles. The van der Waals surface area contributed by atoms with Crippen LogP contribution in [0, 0.1) is 6.92 Å². The summed E-state index contributed by atoms with van der Waals surface area (Å²) in [4.78, 5) is 22.5. The van der Waals surface area contributed by atoms with Crippen LogP contribution in [0.3, 0.4) is 0 Å². The summed E-state index contributed by atoms with van der Waals surface area (Å²) in [6.45, 7) is 5.26. The van der Waals surface area contributed by atoms with E-state index >= 15 is 0 Å². The molecule has 1 unspecified atom stereocenters. The number of methoxy groups -OCH3 is 1. The number of nitrogens with zero attached hydrogens (tertiary/aromatic N) is 3. The minimum atomic E-state index is -0.176. The first-order valence-electron chi connectivity index (χ1n) is 13.3. The van der Waals surface area contributed by atoms with Crippen LogP contribution in [0.5, 0.6) is 5.75 Å². The molecule has 0 fully saturated rings. The average molecular weight is 556 g/mol. The first-order valence-corrected chi connectivity index (χ1v) is 14.1. The van der Waals surface area contributed by atoms with Crippen molar-refractivity contribution in [2.45, 2.75) is 32.9 Å². The maximum absolute atomic E-state index is 12.7. The van der Waals surface area contributed by atoms with Crippen molar-refractivity contribution in [3.63, 3.8) is 0 Å². The Morgan fingerprint density at radius 3 is 2.58 bits per heavy atom. The molecule has 1 atom stereocenters. The molecule has 2 heterocycles. The van der Waals surface area contributed by atoms with Gasteiger partial charge in [-0.05, 0) is 68.3 Å². The van der Waals surface area contributed by atoms with Crippen molar-refractivity contribution in [3.8, 4) is 17.0 Å². The number of benzene rings is 3. The molecule has 2 aromatic heterocycles. The zero-order valence-electron chi connectivity index (χ0n) is 22.8. The van der Waals surface area contributed by atoms with Crippen LogP contribution >= 0.6 is 11.3 Å². The molecule has 0 radical (unpaired) electrons. The maximum Gasteiger partial charge on any atom is 0.251 e. The highest BCUT2D eigenvalue weighted by molar-refractivity contribution is 7.14. The molecular formula is C31H33N5O3S. The number of carbonyl (C=O) groups is 1. The van der Waals surface area contributed by atoms with Crippen LogP contribution in [0.2, 0.25) is 0 Å². The molecule has 206 valence electrons. The van der Waals surface area contributed by atoms with Crippen molar-refractivity contribution in [2.75, 3.05) is 25.6 Å². The van der Waals surface area contributed by atoms with Gasteiger partial charge < -0.3 is 25.0 Å². The van der Waals surface area contributed by atoms with E-state index in [1.807, 2.05) is 47.8 Å². The number of amides is 1. The summed E-state index contributed by atoms with van der Waals surface area (Å²) in [7, 11) is 1.66. The molecule has 5 aromatic rings. The van der Waals surface area contributed by atoms with Gasteiger partial charge in [-0.15, -0.1) is 11.3 Å². The van der Waals surface area contributed by atoms with Gasteiger partial charge in [0.05, 0.1) is 29.9 Å². The molecule has 3 N–H and O–H groups in total. The third kappa shape index (κ3) is 6.16. The lowest BCUT2D eigenvalue weighted by molar-refractivity contribution is 0.0951. The molecule has 0 saturated carbocycles. The Morgan fingerprint density at radius 2 is 1.85 bits per heavy atom. The Kier molecular flexibility index (Phi) is 8.42. The molecule has 0 aliphatic heterocycles. The van der Waals surface area contributed by atoms with Crippen LogP contribution in [0.15, 0.2) is 72.1 Å². The van der Waals surface area contributed by atoms with E-state index in [-0.39, 0.29) is 18.6 Å². The van der Waals surface area contributed by atoms with E-state index in [1.54, 1.807) is 18.4 Å². The second-order valence-corrected chi connectivity index (χ2v) is 10.6. The van der Waals surface area contributed by atoms with E-state index in [0.29, 0.717) is 25.1 Å². The third-order valence-corrected chi connectivity index (χ3v) is 7.51. The fourth-order valence-corrected chi connectivity index (χ4v) is 5.34. The van der Waals surface area contributed by atoms with Gasteiger partial charge in [0.25, 0.3) is 5.91 Å². The number of fused-ring (bicyclic) bond motifs is 1. The van der Waals surface area contributed by atoms with Crippen molar-refractivity contribution in [1.29, 1.82) is 0 Å². The molecule has 8 nitrogen and oxygen atoms in total. The van der Waals surface area contributed by atoms with Crippen LogP contribution in [0.25, 0.3) is 22.3 Å². The van der Waals surface area contributed by atoms with Crippen molar-refractivity contribution < 1.29 is 14.6 Å². The van der Waals surface area contributed by atoms with E-state index in [1.165, 1.54) is 11.1 Å². The number of rotatable bonds is 11. The minimum Gasteiger partial charge on any atom is -0.497 e. The minimum absolute atomic E-state index is 0.0394. The lowest BCUT2D eigenvalue weighted by atomic mass is 10.1. The van der Waals surface area contributed by atoms with E-state index in [0.717, 1.165) is 39.0 Å². The van der Waals surface area contributed by atoms with Gasteiger partial charge >= 0.3 is 0 Å². The number of hydrogen-bond donors (Lipinski definition) is 3. The molecule has 1 amide bonds. The van der Waals surface area contributed by atoms with Crippen molar-refractivity contribution in [3.05, 3.63) is 94.6 Å². The quantitative estimate of drug-likeness (QED) is 0.178. The number of imidazole rings is 1. The summed E-state index contributed by atoms with van der Waals surface area (Å²) in [6.07, 6.45) is 0.517. The van der Waals surface area contributed by atoms with Gasteiger partial charge in [-0.1, -0.05) is 29.8 Å².